The van der Waals surface area contributed by atoms with Crippen LogP contribution >= 0.6 is 0 Å². The average Bonchev–Trinajstić information content (AvgIpc) is 3.33. The van der Waals surface area contributed by atoms with E-state index in [2.05, 4.69) is 28.7 Å². The van der Waals surface area contributed by atoms with E-state index in [1.54, 1.807) is 21.8 Å². The summed E-state index contributed by atoms with van der Waals surface area (Å²) in [6, 6.07) is 3.00. The lowest BCUT2D eigenvalue weighted by atomic mass is 10.1. The summed E-state index contributed by atoms with van der Waals surface area (Å²) in [7, 11) is -3.80. The van der Waals surface area contributed by atoms with Crippen molar-refractivity contribution in [3.8, 4) is 0 Å². The second kappa shape index (κ2) is 7.53. The Morgan fingerprint density at radius 3 is 2.77 bits per heavy atom. The second-order valence-electron chi connectivity index (χ2n) is 7.00. The quantitative estimate of drug-likeness (QED) is 0.771. The van der Waals surface area contributed by atoms with Crippen LogP contribution in [0.15, 0.2) is 29.4 Å². The van der Waals surface area contributed by atoms with Crippen LogP contribution in [0.4, 0.5) is 5.82 Å². The highest BCUT2D eigenvalue weighted by Crippen LogP contribution is 2.18. The van der Waals surface area contributed by atoms with Crippen LogP contribution in [-0.2, 0) is 16.6 Å². The third-order valence-corrected chi connectivity index (χ3v) is 5.74. The lowest BCUT2D eigenvalue weighted by Gasteiger charge is -2.13. The summed E-state index contributed by atoms with van der Waals surface area (Å²) in [4.78, 5) is 16.9. The molecule has 1 amide bonds. The highest BCUT2D eigenvalue weighted by molar-refractivity contribution is 7.92. The van der Waals surface area contributed by atoms with E-state index < -0.39 is 10.0 Å². The van der Waals surface area contributed by atoms with Gasteiger partial charge in [0.1, 0.15) is 10.6 Å². The van der Waals surface area contributed by atoms with Crippen LogP contribution in [0.25, 0.3) is 0 Å². The molecule has 142 valence electrons. The van der Waals surface area contributed by atoms with Gasteiger partial charge in [0.25, 0.3) is 15.9 Å². The molecular weight excluding hydrogens is 354 g/mol. The number of hydrogen-bond donors (Lipinski definition) is 2. The fourth-order valence-electron chi connectivity index (χ4n) is 2.87. The number of nitrogens with one attached hydrogen (secondary N) is 2. The van der Waals surface area contributed by atoms with Gasteiger partial charge in [0, 0.05) is 38.1 Å². The number of amides is 1. The Morgan fingerprint density at radius 1 is 1.35 bits per heavy atom. The first-order valence-corrected chi connectivity index (χ1v) is 10.4. The number of nitrogens with zero attached hydrogens (tertiary/aromatic N) is 3. The number of rotatable bonds is 7. The zero-order valence-electron chi connectivity index (χ0n) is 15.1. The Labute approximate surface area is 153 Å². The minimum Gasteiger partial charge on any atom is -0.356 e. The molecule has 0 radical (unpaired) electrons. The minimum atomic E-state index is -3.80. The molecule has 1 fully saturated rings. The van der Waals surface area contributed by atoms with E-state index >= 15 is 0 Å². The SMILES string of the molecule is CC(C)CCn1ccc(NS(=O)(=O)c2c[nH]c(C(=O)N3CCCC3)c2)n1. The van der Waals surface area contributed by atoms with Gasteiger partial charge in [-0.1, -0.05) is 13.8 Å². The van der Waals surface area contributed by atoms with Crippen molar-refractivity contribution in [2.45, 2.75) is 44.6 Å². The molecule has 1 saturated heterocycles. The van der Waals surface area contributed by atoms with Crippen molar-refractivity contribution >= 4 is 21.7 Å². The molecule has 1 aliphatic heterocycles. The molecule has 0 atom stereocenters. The Hall–Kier alpha value is -2.29. The lowest BCUT2D eigenvalue weighted by molar-refractivity contribution is 0.0787. The van der Waals surface area contributed by atoms with E-state index in [9.17, 15) is 13.2 Å². The van der Waals surface area contributed by atoms with E-state index in [-0.39, 0.29) is 22.3 Å². The number of carbonyl (C=O) groups is 1. The smallest absolute Gasteiger partial charge is 0.270 e. The molecule has 9 heteroatoms. The number of aromatic amines is 1. The zero-order chi connectivity index (χ0) is 18.7. The lowest BCUT2D eigenvalue weighted by Crippen LogP contribution is -2.27. The van der Waals surface area contributed by atoms with Gasteiger partial charge in [-0.3, -0.25) is 14.2 Å². The van der Waals surface area contributed by atoms with Crippen LogP contribution in [-0.4, -0.2) is 47.1 Å². The largest absolute Gasteiger partial charge is 0.356 e. The standard InChI is InChI=1S/C17H25N5O3S/c1-13(2)5-9-22-10-6-16(19-22)20-26(24,25)14-11-15(18-12-14)17(23)21-7-3-4-8-21/h6,10-13,18H,3-5,7-9H2,1-2H3,(H,19,20). The molecule has 2 aromatic rings. The maximum Gasteiger partial charge on any atom is 0.270 e. The molecule has 8 nitrogen and oxygen atoms in total. The van der Waals surface area contributed by atoms with Crippen molar-refractivity contribution in [3.05, 3.63) is 30.2 Å². The first-order valence-electron chi connectivity index (χ1n) is 8.89. The monoisotopic (exact) mass is 379 g/mol. The summed E-state index contributed by atoms with van der Waals surface area (Å²) in [5.41, 5.74) is 0.287. The van der Waals surface area contributed by atoms with Crippen molar-refractivity contribution in [3.63, 3.8) is 0 Å². The van der Waals surface area contributed by atoms with Crippen molar-refractivity contribution in [2.75, 3.05) is 17.8 Å². The number of hydrogen-bond acceptors (Lipinski definition) is 4. The predicted molar refractivity (Wildman–Crippen MR) is 98.4 cm³/mol. The van der Waals surface area contributed by atoms with Gasteiger partial charge in [0.2, 0.25) is 0 Å². The van der Waals surface area contributed by atoms with E-state index in [0.29, 0.717) is 19.0 Å². The summed E-state index contributed by atoms with van der Waals surface area (Å²) in [5.74, 6) is 0.648. The van der Waals surface area contributed by atoms with E-state index in [0.717, 1.165) is 25.8 Å². The molecule has 3 rings (SSSR count). The van der Waals surface area contributed by atoms with E-state index in [4.69, 9.17) is 0 Å². The molecule has 0 aromatic carbocycles. The molecule has 2 N–H and O–H groups in total. The summed E-state index contributed by atoms with van der Waals surface area (Å²) < 4.78 is 29.2. The molecule has 3 heterocycles. The van der Waals surface area contributed by atoms with Gasteiger partial charge in [0.05, 0.1) is 0 Å². The van der Waals surface area contributed by atoms with Gasteiger partial charge in [-0.15, -0.1) is 0 Å². The number of aryl methyl sites for hydroxylation is 1. The van der Waals surface area contributed by atoms with Crippen LogP contribution in [0.3, 0.4) is 0 Å². The molecule has 0 bridgehead atoms. The number of likely N-dealkylation sites (tertiary alicyclic amines) is 1. The summed E-state index contributed by atoms with van der Waals surface area (Å²) in [6.45, 7) is 6.41. The van der Waals surface area contributed by atoms with Gasteiger partial charge in [-0.05, 0) is 31.2 Å². The third-order valence-electron chi connectivity index (χ3n) is 4.41. The van der Waals surface area contributed by atoms with Crippen LogP contribution in [0.2, 0.25) is 0 Å². The number of sulfonamides is 1. The molecule has 2 aromatic heterocycles. The Balaban J connectivity index is 1.67. The number of carbonyl (C=O) groups excluding carboxylic acids is 1. The fraction of sp³-hybridized carbons (Fsp3) is 0.529. The van der Waals surface area contributed by atoms with Gasteiger partial charge in [0.15, 0.2) is 5.82 Å². The molecular formula is C17H25N5O3S. The highest BCUT2D eigenvalue weighted by Gasteiger charge is 2.24. The maximum absolute atomic E-state index is 12.5. The Bertz CT molecular complexity index is 863. The van der Waals surface area contributed by atoms with E-state index in [1.807, 2.05) is 0 Å². The molecule has 0 unspecified atom stereocenters. The molecule has 0 spiro atoms. The van der Waals surface area contributed by atoms with E-state index in [1.165, 1.54) is 12.3 Å². The summed E-state index contributed by atoms with van der Waals surface area (Å²) in [6.07, 6.45) is 6.02. The van der Waals surface area contributed by atoms with Crippen LogP contribution in [0.1, 0.15) is 43.6 Å². The maximum atomic E-state index is 12.5. The summed E-state index contributed by atoms with van der Waals surface area (Å²) >= 11 is 0. The topological polar surface area (TPSA) is 100 Å². The average molecular weight is 379 g/mol. The second-order valence-corrected chi connectivity index (χ2v) is 8.68. The first-order chi connectivity index (χ1) is 12.3. The van der Waals surface area contributed by atoms with Crippen molar-refractivity contribution < 1.29 is 13.2 Å². The normalized spacial score (nSPS) is 15.0. The van der Waals surface area contributed by atoms with Crippen LogP contribution in [0.5, 0.6) is 0 Å². The van der Waals surface area contributed by atoms with Gasteiger partial charge < -0.3 is 9.88 Å². The van der Waals surface area contributed by atoms with Crippen LogP contribution in [0, 0.1) is 5.92 Å². The van der Waals surface area contributed by atoms with Crippen LogP contribution < -0.4 is 4.72 Å². The Kier molecular flexibility index (Phi) is 5.36. The van der Waals surface area contributed by atoms with Gasteiger partial charge in [-0.2, -0.15) is 5.10 Å². The minimum absolute atomic E-state index is 0.0248. The number of anilines is 1. The first kappa shape index (κ1) is 18.5. The van der Waals surface area contributed by atoms with Gasteiger partial charge >= 0.3 is 0 Å². The Morgan fingerprint density at radius 2 is 2.08 bits per heavy atom. The van der Waals surface area contributed by atoms with Crippen molar-refractivity contribution in [1.82, 2.24) is 19.7 Å². The molecule has 26 heavy (non-hydrogen) atoms. The zero-order valence-corrected chi connectivity index (χ0v) is 15.9. The highest BCUT2D eigenvalue weighted by atomic mass is 32.2. The molecule has 1 aliphatic rings. The predicted octanol–water partition coefficient (Wildman–Crippen LogP) is 2.29. The number of H-pyrrole nitrogens is 1. The number of aromatic nitrogens is 3. The summed E-state index contributed by atoms with van der Waals surface area (Å²) in [5, 5.41) is 4.24. The van der Waals surface area contributed by atoms with Crippen molar-refractivity contribution in [2.24, 2.45) is 5.92 Å². The third kappa shape index (κ3) is 4.27. The fourth-order valence-corrected chi connectivity index (χ4v) is 3.86. The molecule has 0 saturated carbocycles. The molecule has 0 aliphatic carbocycles. The van der Waals surface area contributed by atoms with Gasteiger partial charge in [-0.25, -0.2) is 8.42 Å². The van der Waals surface area contributed by atoms with Crippen molar-refractivity contribution in [1.29, 1.82) is 0 Å².